The lowest BCUT2D eigenvalue weighted by atomic mass is 9.79. The predicted octanol–water partition coefficient (Wildman–Crippen LogP) is 4.96. The normalized spacial score (nSPS) is 13.9. The summed E-state index contributed by atoms with van der Waals surface area (Å²) >= 11 is 1.87. The minimum atomic E-state index is 0.213. The average molecular weight is 275 g/mol. The van der Waals surface area contributed by atoms with Crippen LogP contribution in [0, 0.1) is 0 Å². The minimum absolute atomic E-state index is 0.213. The fourth-order valence-electron chi connectivity index (χ4n) is 2.86. The first kappa shape index (κ1) is 14.5. The summed E-state index contributed by atoms with van der Waals surface area (Å²) in [5, 5.41) is 7.18. The number of hydrogen-bond donors (Lipinski definition) is 1. The van der Waals surface area contributed by atoms with E-state index in [1.165, 1.54) is 28.5 Å². The Kier molecular flexibility index (Phi) is 4.64. The lowest BCUT2D eigenvalue weighted by molar-refractivity contribution is 0.392. The maximum atomic E-state index is 3.60. The van der Waals surface area contributed by atoms with Crippen LogP contribution in [-0.4, -0.2) is 12.6 Å². The van der Waals surface area contributed by atoms with Crippen LogP contribution in [0.5, 0.6) is 0 Å². The molecule has 1 unspecified atom stereocenters. The fraction of sp³-hybridized carbons (Fsp3) is 0.529. The molecule has 0 saturated heterocycles. The van der Waals surface area contributed by atoms with Crippen molar-refractivity contribution in [2.45, 2.75) is 52.0 Å². The van der Waals surface area contributed by atoms with Crippen LogP contribution in [-0.2, 0) is 5.41 Å². The van der Waals surface area contributed by atoms with Crippen LogP contribution in [0.4, 0.5) is 0 Å². The van der Waals surface area contributed by atoms with E-state index >= 15 is 0 Å². The van der Waals surface area contributed by atoms with Gasteiger partial charge < -0.3 is 5.32 Å². The third-order valence-corrected chi connectivity index (χ3v) is 4.73. The molecule has 2 aromatic rings. The van der Waals surface area contributed by atoms with Crippen LogP contribution in [0.3, 0.4) is 0 Å². The Labute approximate surface area is 121 Å². The van der Waals surface area contributed by atoms with Crippen LogP contribution in [0.1, 0.15) is 46.1 Å². The highest BCUT2D eigenvalue weighted by Crippen LogP contribution is 2.36. The molecule has 2 rings (SSSR count). The minimum Gasteiger partial charge on any atom is -0.314 e. The third-order valence-electron chi connectivity index (χ3n) is 3.77. The summed E-state index contributed by atoms with van der Waals surface area (Å²) in [6, 6.07) is 9.48. The van der Waals surface area contributed by atoms with Crippen LogP contribution >= 0.6 is 11.3 Å². The molecule has 0 amide bonds. The lowest BCUT2D eigenvalue weighted by Gasteiger charge is -2.29. The molecule has 1 atom stereocenters. The van der Waals surface area contributed by atoms with Crippen LogP contribution < -0.4 is 5.32 Å². The molecule has 0 bridgehead atoms. The molecule has 19 heavy (non-hydrogen) atoms. The number of fused-ring (bicyclic) bond motifs is 1. The monoisotopic (exact) mass is 275 g/mol. The highest BCUT2D eigenvalue weighted by molar-refractivity contribution is 7.17. The number of nitrogens with one attached hydrogen (secondary N) is 1. The Morgan fingerprint density at radius 2 is 2.05 bits per heavy atom. The van der Waals surface area contributed by atoms with Gasteiger partial charge in [0, 0.05) is 10.7 Å². The number of benzene rings is 1. The van der Waals surface area contributed by atoms with Gasteiger partial charge in [0.05, 0.1) is 0 Å². The Morgan fingerprint density at radius 1 is 1.26 bits per heavy atom. The molecule has 1 aromatic heterocycles. The van der Waals surface area contributed by atoms with Crippen LogP contribution in [0.25, 0.3) is 10.1 Å². The van der Waals surface area contributed by atoms with Crippen molar-refractivity contribution in [1.29, 1.82) is 0 Å². The smallest absolute Gasteiger partial charge is 0.0380 e. The molecule has 1 N–H and O–H groups in total. The summed E-state index contributed by atoms with van der Waals surface area (Å²) in [6.07, 6.45) is 2.37. The van der Waals surface area contributed by atoms with Crippen molar-refractivity contribution >= 4 is 21.4 Å². The topological polar surface area (TPSA) is 12.0 Å². The van der Waals surface area contributed by atoms with Crippen LogP contribution in [0.2, 0.25) is 0 Å². The zero-order chi connectivity index (χ0) is 13.9. The van der Waals surface area contributed by atoms with Gasteiger partial charge in [-0.15, -0.1) is 11.3 Å². The van der Waals surface area contributed by atoms with Crippen molar-refractivity contribution in [3.8, 4) is 0 Å². The largest absolute Gasteiger partial charge is 0.314 e. The third kappa shape index (κ3) is 3.37. The molecule has 104 valence electrons. The second-order valence-corrected chi connectivity index (χ2v) is 7.00. The zero-order valence-corrected chi connectivity index (χ0v) is 13.3. The van der Waals surface area contributed by atoms with E-state index in [2.05, 4.69) is 62.7 Å². The average Bonchev–Trinajstić information content (AvgIpc) is 2.83. The Balaban J connectivity index is 2.21. The molecule has 0 fully saturated rings. The molecule has 0 aliphatic carbocycles. The van der Waals surface area contributed by atoms with Gasteiger partial charge in [0.15, 0.2) is 0 Å². The number of rotatable bonds is 6. The van der Waals surface area contributed by atoms with Gasteiger partial charge in [0.1, 0.15) is 0 Å². The van der Waals surface area contributed by atoms with E-state index in [4.69, 9.17) is 0 Å². The van der Waals surface area contributed by atoms with Crippen molar-refractivity contribution < 1.29 is 0 Å². The van der Waals surface area contributed by atoms with E-state index in [0.29, 0.717) is 6.04 Å². The first-order chi connectivity index (χ1) is 9.04. The maximum Gasteiger partial charge on any atom is 0.0380 e. The van der Waals surface area contributed by atoms with Gasteiger partial charge in [0.2, 0.25) is 0 Å². The van der Waals surface area contributed by atoms with Crippen molar-refractivity contribution in [2.24, 2.45) is 0 Å². The van der Waals surface area contributed by atoms with Gasteiger partial charge >= 0.3 is 0 Å². The predicted molar refractivity (Wildman–Crippen MR) is 87.2 cm³/mol. The first-order valence-corrected chi connectivity index (χ1v) is 8.12. The quantitative estimate of drug-likeness (QED) is 0.786. The summed E-state index contributed by atoms with van der Waals surface area (Å²) in [5.41, 5.74) is 1.70. The molecule has 1 aromatic carbocycles. The van der Waals surface area contributed by atoms with Gasteiger partial charge in [0.25, 0.3) is 0 Å². The maximum absolute atomic E-state index is 3.60. The van der Waals surface area contributed by atoms with E-state index in [9.17, 15) is 0 Å². The molecule has 2 heteroatoms. The number of thiophene rings is 1. The molecule has 0 aliphatic rings. The summed E-state index contributed by atoms with van der Waals surface area (Å²) < 4.78 is 1.45. The first-order valence-electron chi connectivity index (χ1n) is 7.24. The summed E-state index contributed by atoms with van der Waals surface area (Å²) in [4.78, 5) is 0. The number of hydrogen-bond acceptors (Lipinski definition) is 2. The van der Waals surface area contributed by atoms with Gasteiger partial charge in [-0.1, -0.05) is 39.0 Å². The van der Waals surface area contributed by atoms with Crippen molar-refractivity contribution in [3.05, 3.63) is 35.2 Å². The summed E-state index contributed by atoms with van der Waals surface area (Å²) in [5.74, 6) is 0. The van der Waals surface area contributed by atoms with Crippen molar-refractivity contribution in [2.75, 3.05) is 6.54 Å². The van der Waals surface area contributed by atoms with Crippen molar-refractivity contribution in [1.82, 2.24) is 5.32 Å². The molecule has 0 spiro atoms. The highest BCUT2D eigenvalue weighted by Gasteiger charge is 2.25. The second kappa shape index (κ2) is 6.06. The van der Waals surface area contributed by atoms with Gasteiger partial charge in [-0.05, 0) is 54.1 Å². The molecular formula is C17H25NS. The van der Waals surface area contributed by atoms with Gasteiger partial charge in [-0.3, -0.25) is 0 Å². The Bertz CT molecular complexity index is 527. The molecular weight excluding hydrogens is 250 g/mol. The Hall–Kier alpha value is -0.860. The van der Waals surface area contributed by atoms with E-state index in [1.807, 2.05) is 11.3 Å². The van der Waals surface area contributed by atoms with Crippen LogP contribution in [0.15, 0.2) is 29.6 Å². The zero-order valence-electron chi connectivity index (χ0n) is 12.5. The second-order valence-electron chi connectivity index (χ2n) is 6.09. The summed E-state index contributed by atoms with van der Waals surface area (Å²) in [7, 11) is 0. The molecule has 1 heterocycles. The van der Waals surface area contributed by atoms with E-state index in [1.54, 1.807) is 0 Å². The fourth-order valence-corrected chi connectivity index (χ4v) is 3.96. The van der Waals surface area contributed by atoms with E-state index in [0.717, 1.165) is 6.54 Å². The van der Waals surface area contributed by atoms with E-state index in [-0.39, 0.29) is 5.41 Å². The molecule has 1 nitrogen and oxygen atoms in total. The molecule has 0 aliphatic heterocycles. The van der Waals surface area contributed by atoms with Crippen molar-refractivity contribution in [3.63, 3.8) is 0 Å². The van der Waals surface area contributed by atoms with E-state index < -0.39 is 0 Å². The molecule has 0 saturated carbocycles. The lowest BCUT2D eigenvalue weighted by Crippen LogP contribution is -2.33. The Morgan fingerprint density at radius 3 is 2.79 bits per heavy atom. The molecule has 0 radical (unpaired) electrons. The SMILES string of the molecule is CCCNC(C)CC(C)(C)c1cccc2ccsc12. The summed E-state index contributed by atoms with van der Waals surface area (Å²) in [6.45, 7) is 10.4. The van der Waals surface area contributed by atoms with Gasteiger partial charge in [-0.2, -0.15) is 0 Å². The highest BCUT2D eigenvalue weighted by atomic mass is 32.1. The standard InChI is InChI=1S/C17H25NS/c1-5-10-18-13(2)12-17(3,4)15-8-6-7-14-9-11-19-16(14)15/h6-9,11,13,18H,5,10,12H2,1-4H3. The van der Waals surface area contributed by atoms with Gasteiger partial charge in [-0.25, -0.2) is 0 Å².